The Balaban J connectivity index is 1.65. The van der Waals surface area contributed by atoms with Crippen molar-refractivity contribution < 1.29 is 4.74 Å². The summed E-state index contributed by atoms with van der Waals surface area (Å²) in [6.45, 7) is 4.43. The van der Waals surface area contributed by atoms with E-state index in [-0.39, 0.29) is 0 Å². The number of nitrogens with two attached hydrogens (primary N) is 1. The van der Waals surface area contributed by atoms with Gasteiger partial charge in [0.15, 0.2) is 0 Å². The first-order chi connectivity index (χ1) is 8.11. The van der Waals surface area contributed by atoms with Gasteiger partial charge in [0.1, 0.15) is 0 Å². The number of rotatable bonds is 5. The standard InChI is InChI=1S/C15H29NO/c1-12(2)14(16)7-5-6-13-8-11-15(17-13)9-3-4-10-15/h12-14H,3-11,16H2,1-2H3. The number of ether oxygens (including phenoxy) is 1. The van der Waals surface area contributed by atoms with Gasteiger partial charge in [0.25, 0.3) is 0 Å². The molecule has 0 radical (unpaired) electrons. The minimum atomic E-state index is 0.310. The second-order valence-corrected chi connectivity index (χ2v) is 6.51. The zero-order chi connectivity index (χ0) is 12.3. The summed E-state index contributed by atoms with van der Waals surface area (Å²) in [6, 6.07) is 0.372. The third-order valence-corrected chi connectivity index (χ3v) is 4.77. The van der Waals surface area contributed by atoms with Gasteiger partial charge in [-0.3, -0.25) is 0 Å². The van der Waals surface area contributed by atoms with E-state index in [1.807, 2.05) is 0 Å². The third kappa shape index (κ3) is 3.45. The van der Waals surface area contributed by atoms with Crippen LogP contribution in [-0.4, -0.2) is 17.7 Å². The Morgan fingerprint density at radius 3 is 2.59 bits per heavy atom. The summed E-state index contributed by atoms with van der Waals surface area (Å²) in [4.78, 5) is 0. The van der Waals surface area contributed by atoms with Crippen LogP contribution in [0.2, 0.25) is 0 Å². The molecule has 0 amide bonds. The molecule has 2 heteroatoms. The predicted molar refractivity (Wildman–Crippen MR) is 72.0 cm³/mol. The van der Waals surface area contributed by atoms with Crippen LogP contribution in [0.4, 0.5) is 0 Å². The number of hydrogen-bond acceptors (Lipinski definition) is 2. The summed E-state index contributed by atoms with van der Waals surface area (Å²) in [7, 11) is 0. The minimum absolute atomic E-state index is 0.310. The summed E-state index contributed by atoms with van der Waals surface area (Å²) in [5.41, 5.74) is 6.39. The molecule has 0 aromatic heterocycles. The fourth-order valence-corrected chi connectivity index (χ4v) is 3.40. The van der Waals surface area contributed by atoms with Crippen molar-refractivity contribution in [2.45, 2.75) is 89.4 Å². The lowest BCUT2D eigenvalue weighted by molar-refractivity contribution is -0.0396. The summed E-state index contributed by atoms with van der Waals surface area (Å²) >= 11 is 0. The Kier molecular flexibility index (Phi) is 4.48. The molecule has 2 aliphatic rings. The highest BCUT2D eigenvalue weighted by molar-refractivity contribution is 4.92. The molecule has 2 unspecified atom stereocenters. The molecular weight excluding hydrogens is 210 g/mol. The second-order valence-electron chi connectivity index (χ2n) is 6.51. The van der Waals surface area contributed by atoms with Gasteiger partial charge in [0, 0.05) is 6.04 Å². The topological polar surface area (TPSA) is 35.2 Å². The van der Waals surface area contributed by atoms with Crippen LogP contribution in [0.3, 0.4) is 0 Å². The van der Waals surface area contributed by atoms with Gasteiger partial charge in [0.2, 0.25) is 0 Å². The normalized spacial score (nSPS) is 29.3. The largest absolute Gasteiger partial charge is 0.372 e. The Hall–Kier alpha value is -0.0800. The first-order valence-electron chi connectivity index (χ1n) is 7.55. The van der Waals surface area contributed by atoms with Crippen molar-refractivity contribution in [3.63, 3.8) is 0 Å². The second kappa shape index (κ2) is 5.71. The van der Waals surface area contributed by atoms with E-state index in [2.05, 4.69) is 13.8 Å². The lowest BCUT2D eigenvalue weighted by Crippen LogP contribution is -2.27. The van der Waals surface area contributed by atoms with Crippen LogP contribution in [0.25, 0.3) is 0 Å². The average molecular weight is 239 g/mol. The molecule has 1 saturated carbocycles. The summed E-state index contributed by atoms with van der Waals surface area (Å²) in [6.07, 6.45) is 12.1. The molecule has 2 fully saturated rings. The van der Waals surface area contributed by atoms with Crippen LogP contribution in [-0.2, 0) is 4.74 Å². The molecule has 1 spiro atoms. The van der Waals surface area contributed by atoms with Crippen molar-refractivity contribution in [1.82, 2.24) is 0 Å². The monoisotopic (exact) mass is 239 g/mol. The number of hydrogen-bond donors (Lipinski definition) is 1. The Morgan fingerprint density at radius 1 is 1.24 bits per heavy atom. The van der Waals surface area contributed by atoms with E-state index in [0.717, 1.165) is 6.42 Å². The van der Waals surface area contributed by atoms with Gasteiger partial charge in [-0.25, -0.2) is 0 Å². The smallest absolute Gasteiger partial charge is 0.0687 e. The molecule has 0 aromatic carbocycles. The Labute approximate surface area is 106 Å². The van der Waals surface area contributed by atoms with Gasteiger partial charge in [-0.2, -0.15) is 0 Å². The van der Waals surface area contributed by atoms with Gasteiger partial charge in [0.05, 0.1) is 11.7 Å². The van der Waals surface area contributed by atoms with E-state index >= 15 is 0 Å². The molecule has 1 heterocycles. The van der Waals surface area contributed by atoms with Crippen molar-refractivity contribution in [2.75, 3.05) is 0 Å². The zero-order valence-electron chi connectivity index (χ0n) is 11.6. The van der Waals surface area contributed by atoms with Crippen LogP contribution >= 0.6 is 0 Å². The fourth-order valence-electron chi connectivity index (χ4n) is 3.40. The lowest BCUT2D eigenvalue weighted by atomic mass is 9.96. The maximum absolute atomic E-state index is 6.31. The highest BCUT2D eigenvalue weighted by atomic mass is 16.5. The highest BCUT2D eigenvalue weighted by Crippen LogP contribution is 2.44. The van der Waals surface area contributed by atoms with E-state index in [4.69, 9.17) is 10.5 Å². The van der Waals surface area contributed by atoms with Gasteiger partial charge in [-0.05, 0) is 50.9 Å². The van der Waals surface area contributed by atoms with E-state index in [1.165, 1.54) is 51.4 Å². The van der Waals surface area contributed by atoms with Crippen LogP contribution in [0.1, 0.15) is 71.6 Å². The quantitative estimate of drug-likeness (QED) is 0.795. The van der Waals surface area contributed by atoms with Crippen LogP contribution in [0, 0.1) is 5.92 Å². The molecule has 2 atom stereocenters. The molecule has 17 heavy (non-hydrogen) atoms. The first-order valence-corrected chi connectivity index (χ1v) is 7.55. The predicted octanol–water partition coefficient (Wildman–Crippen LogP) is 3.63. The summed E-state index contributed by atoms with van der Waals surface area (Å²) in [5, 5.41) is 0. The molecule has 2 N–H and O–H groups in total. The fraction of sp³-hybridized carbons (Fsp3) is 1.00. The zero-order valence-corrected chi connectivity index (χ0v) is 11.6. The molecule has 1 saturated heterocycles. The summed E-state index contributed by atoms with van der Waals surface area (Å²) in [5.74, 6) is 0.612. The van der Waals surface area contributed by atoms with Gasteiger partial charge in [-0.15, -0.1) is 0 Å². The molecule has 2 nitrogen and oxygen atoms in total. The lowest BCUT2D eigenvalue weighted by Gasteiger charge is -2.24. The highest BCUT2D eigenvalue weighted by Gasteiger charge is 2.41. The SMILES string of the molecule is CC(C)C(N)CCCC1CCC2(CCCC2)O1. The maximum Gasteiger partial charge on any atom is 0.0687 e. The first kappa shape index (κ1) is 13.4. The van der Waals surface area contributed by atoms with Crippen molar-refractivity contribution in [3.05, 3.63) is 0 Å². The Bertz CT molecular complexity index is 233. The van der Waals surface area contributed by atoms with Gasteiger partial charge < -0.3 is 10.5 Å². The van der Waals surface area contributed by atoms with Crippen molar-refractivity contribution in [2.24, 2.45) is 11.7 Å². The molecule has 2 rings (SSSR count). The molecule has 0 aromatic rings. The molecule has 0 bridgehead atoms. The van der Waals surface area contributed by atoms with Crippen molar-refractivity contribution in [3.8, 4) is 0 Å². The van der Waals surface area contributed by atoms with Crippen LogP contribution in [0.15, 0.2) is 0 Å². The molecule has 1 aliphatic heterocycles. The van der Waals surface area contributed by atoms with Gasteiger partial charge >= 0.3 is 0 Å². The van der Waals surface area contributed by atoms with Crippen molar-refractivity contribution in [1.29, 1.82) is 0 Å². The van der Waals surface area contributed by atoms with Crippen LogP contribution in [0.5, 0.6) is 0 Å². The van der Waals surface area contributed by atoms with Crippen molar-refractivity contribution >= 4 is 0 Å². The molecule has 1 aliphatic carbocycles. The third-order valence-electron chi connectivity index (χ3n) is 4.77. The molecule has 100 valence electrons. The maximum atomic E-state index is 6.31. The van der Waals surface area contributed by atoms with Gasteiger partial charge in [-0.1, -0.05) is 26.7 Å². The van der Waals surface area contributed by atoms with E-state index in [9.17, 15) is 0 Å². The minimum Gasteiger partial charge on any atom is -0.372 e. The van der Waals surface area contributed by atoms with E-state index in [0.29, 0.717) is 23.7 Å². The van der Waals surface area contributed by atoms with Crippen LogP contribution < -0.4 is 5.73 Å². The van der Waals surface area contributed by atoms with E-state index in [1.54, 1.807) is 0 Å². The Morgan fingerprint density at radius 2 is 1.94 bits per heavy atom. The van der Waals surface area contributed by atoms with E-state index < -0.39 is 0 Å². The average Bonchev–Trinajstić information content (AvgIpc) is 2.90. The molecular formula is C15H29NO. The summed E-state index contributed by atoms with van der Waals surface area (Å²) < 4.78 is 6.31.